The molecule has 1 saturated carbocycles. The third-order valence-corrected chi connectivity index (χ3v) is 1.87. The molecule has 4 heteroatoms. The predicted octanol–water partition coefficient (Wildman–Crippen LogP) is 2.39. The monoisotopic (exact) mass is 204 g/mol. The zero-order valence-electron chi connectivity index (χ0n) is 8.55. The van der Waals surface area contributed by atoms with Crippen LogP contribution in [-0.2, 0) is 14.3 Å². The van der Waals surface area contributed by atoms with Crippen molar-refractivity contribution in [1.82, 2.24) is 0 Å². The van der Waals surface area contributed by atoms with Crippen LogP contribution >= 0.6 is 0 Å². The second-order valence-electron chi connectivity index (χ2n) is 3.22. The SMILES string of the molecule is C1CCCCC1.CC(=O)OC(=O)CF. The maximum Gasteiger partial charge on any atom is 0.345 e. The summed E-state index contributed by atoms with van der Waals surface area (Å²) in [7, 11) is 0. The van der Waals surface area contributed by atoms with Crippen LogP contribution in [0, 0.1) is 0 Å². The summed E-state index contributed by atoms with van der Waals surface area (Å²) in [5.74, 6) is -1.93. The van der Waals surface area contributed by atoms with Crippen molar-refractivity contribution in [2.75, 3.05) is 6.67 Å². The standard InChI is InChI=1S/C6H12.C4H5FO3/c1-2-4-6-5-3-1;1-3(6)8-4(7)2-5/h1-6H2;2H2,1H3. The Hall–Kier alpha value is -0.930. The molecule has 0 radical (unpaired) electrons. The third-order valence-electron chi connectivity index (χ3n) is 1.87. The number of alkyl halides is 1. The van der Waals surface area contributed by atoms with E-state index in [4.69, 9.17) is 0 Å². The van der Waals surface area contributed by atoms with Gasteiger partial charge in [-0.05, 0) is 0 Å². The average Bonchev–Trinajstić information content (AvgIpc) is 2.20. The average molecular weight is 204 g/mol. The second kappa shape index (κ2) is 8.66. The van der Waals surface area contributed by atoms with Gasteiger partial charge in [-0.1, -0.05) is 38.5 Å². The lowest BCUT2D eigenvalue weighted by molar-refractivity contribution is -0.158. The molecule has 0 aromatic carbocycles. The Morgan fingerprint density at radius 1 is 1.07 bits per heavy atom. The topological polar surface area (TPSA) is 43.4 Å². The van der Waals surface area contributed by atoms with E-state index in [-0.39, 0.29) is 0 Å². The molecule has 3 nitrogen and oxygen atoms in total. The van der Waals surface area contributed by atoms with Gasteiger partial charge in [0.1, 0.15) is 0 Å². The van der Waals surface area contributed by atoms with E-state index < -0.39 is 18.6 Å². The fourth-order valence-corrected chi connectivity index (χ4v) is 1.25. The van der Waals surface area contributed by atoms with Crippen LogP contribution in [0.2, 0.25) is 0 Å². The van der Waals surface area contributed by atoms with Gasteiger partial charge in [-0.15, -0.1) is 0 Å². The maximum absolute atomic E-state index is 11.1. The van der Waals surface area contributed by atoms with Crippen LogP contribution in [0.3, 0.4) is 0 Å². The van der Waals surface area contributed by atoms with Crippen molar-refractivity contribution >= 4 is 11.9 Å². The first-order chi connectivity index (χ1) is 6.66. The number of carbonyl (C=O) groups excluding carboxylic acids is 2. The van der Waals surface area contributed by atoms with Gasteiger partial charge < -0.3 is 4.74 Å². The van der Waals surface area contributed by atoms with Gasteiger partial charge in [-0.25, -0.2) is 9.18 Å². The molecule has 0 atom stereocenters. The van der Waals surface area contributed by atoms with Crippen molar-refractivity contribution in [1.29, 1.82) is 0 Å². The maximum atomic E-state index is 11.1. The molecule has 0 spiro atoms. The smallest absolute Gasteiger partial charge is 0.345 e. The summed E-state index contributed by atoms with van der Waals surface area (Å²) in [5.41, 5.74) is 0. The van der Waals surface area contributed by atoms with E-state index >= 15 is 0 Å². The molecule has 0 bridgehead atoms. The molecular weight excluding hydrogens is 187 g/mol. The Labute approximate surface area is 83.6 Å². The molecule has 82 valence electrons. The minimum Gasteiger partial charge on any atom is -0.391 e. The molecule has 1 aliphatic rings. The molecule has 0 saturated heterocycles. The Morgan fingerprint density at radius 2 is 1.43 bits per heavy atom. The van der Waals surface area contributed by atoms with Crippen molar-refractivity contribution in [3.63, 3.8) is 0 Å². The van der Waals surface area contributed by atoms with Crippen LogP contribution in [0.1, 0.15) is 45.4 Å². The Kier molecular flexibility index (Phi) is 8.08. The van der Waals surface area contributed by atoms with Crippen LogP contribution in [0.15, 0.2) is 0 Å². The minimum atomic E-state index is -1.25. The molecule has 0 amide bonds. The highest BCUT2D eigenvalue weighted by Gasteiger charge is 2.02. The lowest BCUT2D eigenvalue weighted by atomic mass is 10.0. The zero-order chi connectivity index (χ0) is 10.8. The number of carbonyl (C=O) groups is 2. The Bertz CT molecular complexity index is 165. The van der Waals surface area contributed by atoms with E-state index in [1.54, 1.807) is 0 Å². The largest absolute Gasteiger partial charge is 0.391 e. The number of esters is 2. The third kappa shape index (κ3) is 9.16. The molecule has 14 heavy (non-hydrogen) atoms. The van der Waals surface area contributed by atoms with Gasteiger partial charge in [-0.2, -0.15) is 0 Å². The molecule has 0 heterocycles. The number of ether oxygens (including phenoxy) is 1. The Morgan fingerprint density at radius 3 is 1.57 bits per heavy atom. The van der Waals surface area contributed by atoms with E-state index in [0.717, 1.165) is 6.92 Å². The van der Waals surface area contributed by atoms with Crippen molar-refractivity contribution in [3.05, 3.63) is 0 Å². The van der Waals surface area contributed by atoms with Gasteiger partial charge in [0, 0.05) is 6.92 Å². The van der Waals surface area contributed by atoms with Gasteiger partial charge in [0.2, 0.25) is 0 Å². The first-order valence-corrected chi connectivity index (χ1v) is 4.94. The minimum absolute atomic E-state index is 0.785. The summed E-state index contributed by atoms with van der Waals surface area (Å²) in [4.78, 5) is 19.6. The Balaban J connectivity index is 0.000000249. The van der Waals surface area contributed by atoms with E-state index in [1.807, 2.05) is 0 Å². The highest BCUT2D eigenvalue weighted by Crippen LogP contribution is 2.15. The number of halogens is 1. The molecule has 0 aliphatic heterocycles. The molecule has 0 N–H and O–H groups in total. The molecule has 1 aliphatic carbocycles. The molecule has 0 aromatic heterocycles. The van der Waals surface area contributed by atoms with Crippen LogP contribution in [0.5, 0.6) is 0 Å². The van der Waals surface area contributed by atoms with E-state index in [1.165, 1.54) is 38.5 Å². The summed E-state index contributed by atoms with van der Waals surface area (Å²) >= 11 is 0. The first-order valence-electron chi connectivity index (χ1n) is 4.94. The van der Waals surface area contributed by atoms with E-state index in [2.05, 4.69) is 4.74 Å². The summed E-state index contributed by atoms with van der Waals surface area (Å²) in [6.07, 6.45) is 9.00. The van der Waals surface area contributed by atoms with Crippen LogP contribution in [-0.4, -0.2) is 18.6 Å². The fourth-order valence-electron chi connectivity index (χ4n) is 1.25. The predicted molar refractivity (Wildman–Crippen MR) is 50.5 cm³/mol. The van der Waals surface area contributed by atoms with Crippen LogP contribution < -0.4 is 0 Å². The lowest BCUT2D eigenvalue weighted by Crippen LogP contribution is -2.09. The number of hydrogen-bond acceptors (Lipinski definition) is 3. The number of hydrogen-bond donors (Lipinski definition) is 0. The molecule has 0 aromatic rings. The number of rotatable bonds is 1. The van der Waals surface area contributed by atoms with Gasteiger partial charge >= 0.3 is 11.9 Å². The zero-order valence-corrected chi connectivity index (χ0v) is 8.55. The first kappa shape index (κ1) is 13.1. The summed E-state index contributed by atoms with van der Waals surface area (Å²) in [5, 5.41) is 0. The van der Waals surface area contributed by atoms with Gasteiger partial charge in [0.15, 0.2) is 6.67 Å². The van der Waals surface area contributed by atoms with Crippen molar-refractivity contribution < 1.29 is 18.7 Å². The molecule has 1 fully saturated rings. The van der Waals surface area contributed by atoms with E-state index in [9.17, 15) is 14.0 Å². The van der Waals surface area contributed by atoms with Crippen LogP contribution in [0.4, 0.5) is 4.39 Å². The molecule has 1 rings (SSSR count). The fraction of sp³-hybridized carbons (Fsp3) is 0.800. The van der Waals surface area contributed by atoms with Crippen molar-refractivity contribution in [2.45, 2.75) is 45.4 Å². The van der Waals surface area contributed by atoms with Gasteiger partial charge in [0.05, 0.1) is 0 Å². The van der Waals surface area contributed by atoms with Crippen molar-refractivity contribution in [2.24, 2.45) is 0 Å². The second-order valence-corrected chi connectivity index (χ2v) is 3.22. The quantitative estimate of drug-likeness (QED) is 0.486. The van der Waals surface area contributed by atoms with Crippen molar-refractivity contribution in [3.8, 4) is 0 Å². The molecule has 0 unspecified atom stereocenters. The highest BCUT2D eigenvalue weighted by molar-refractivity contribution is 5.84. The normalized spacial score (nSPS) is 15.0. The van der Waals surface area contributed by atoms with Crippen LogP contribution in [0.25, 0.3) is 0 Å². The molecular formula is C10H17FO3. The summed E-state index contributed by atoms with van der Waals surface area (Å²) < 4.78 is 14.9. The highest BCUT2D eigenvalue weighted by atomic mass is 19.1. The van der Waals surface area contributed by atoms with Gasteiger partial charge in [0.25, 0.3) is 0 Å². The summed E-state index contributed by atoms with van der Waals surface area (Å²) in [6.45, 7) is -0.215. The summed E-state index contributed by atoms with van der Waals surface area (Å²) in [6, 6.07) is 0. The lowest BCUT2D eigenvalue weighted by Gasteiger charge is -2.05. The van der Waals surface area contributed by atoms with Gasteiger partial charge in [-0.3, -0.25) is 4.79 Å². The van der Waals surface area contributed by atoms with E-state index in [0.29, 0.717) is 0 Å².